The van der Waals surface area contributed by atoms with Gasteiger partial charge >= 0.3 is 0 Å². The molecule has 2 aromatic rings. The number of hydrogen-bond acceptors (Lipinski definition) is 5. The number of imide groups is 1. The van der Waals surface area contributed by atoms with Crippen LogP contribution in [0.25, 0.3) is 0 Å². The van der Waals surface area contributed by atoms with Crippen LogP contribution in [0.15, 0.2) is 42.5 Å². The number of rotatable bonds is 5. The molecular weight excluding hydrogens is 404 g/mol. The molecular formula is C25H28N4O3. The number of piperidine rings is 1. The highest BCUT2D eigenvalue weighted by molar-refractivity contribution is 6.06. The van der Waals surface area contributed by atoms with Crippen LogP contribution >= 0.6 is 0 Å². The van der Waals surface area contributed by atoms with Gasteiger partial charge in [-0.3, -0.25) is 19.7 Å². The molecule has 32 heavy (non-hydrogen) atoms. The van der Waals surface area contributed by atoms with Crippen LogP contribution in [0.3, 0.4) is 0 Å². The quantitative estimate of drug-likeness (QED) is 0.705. The lowest BCUT2D eigenvalue weighted by Crippen LogP contribution is -2.52. The number of benzene rings is 2. The zero-order valence-corrected chi connectivity index (χ0v) is 18.0. The zero-order valence-electron chi connectivity index (χ0n) is 18.0. The number of hydrogen-bond donors (Lipinski definition) is 2. The summed E-state index contributed by atoms with van der Waals surface area (Å²) in [5.74, 6) is -0.276. The van der Waals surface area contributed by atoms with E-state index in [0.29, 0.717) is 37.5 Å². The van der Waals surface area contributed by atoms with Crippen LogP contribution in [0.5, 0.6) is 0 Å². The predicted molar refractivity (Wildman–Crippen MR) is 121 cm³/mol. The highest BCUT2D eigenvalue weighted by Crippen LogP contribution is 2.35. The highest BCUT2D eigenvalue weighted by atomic mass is 16.2. The number of carbonyl (C=O) groups excluding carboxylic acids is 3. The molecule has 2 aromatic carbocycles. The Morgan fingerprint density at radius 1 is 1.03 bits per heavy atom. The number of para-hydroxylation sites is 1. The van der Waals surface area contributed by atoms with Crippen molar-refractivity contribution in [1.82, 2.24) is 10.2 Å². The third kappa shape index (κ3) is 3.66. The number of fused-ring (bicyclic) bond motifs is 2. The van der Waals surface area contributed by atoms with Crippen LogP contribution in [0.1, 0.15) is 46.3 Å². The summed E-state index contributed by atoms with van der Waals surface area (Å²) >= 11 is 0. The van der Waals surface area contributed by atoms with Crippen molar-refractivity contribution in [3.8, 4) is 0 Å². The van der Waals surface area contributed by atoms with Gasteiger partial charge in [0.25, 0.3) is 5.91 Å². The van der Waals surface area contributed by atoms with E-state index in [0.717, 1.165) is 30.5 Å². The van der Waals surface area contributed by atoms with E-state index in [1.165, 1.54) is 11.3 Å². The third-order valence-corrected chi connectivity index (χ3v) is 6.89. The van der Waals surface area contributed by atoms with Crippen LogP contribution < -0.4 is 16.0 Å². The second-order valence-corrected chi connectivity index (χ2v) is 9.01. The van der Waals surface area contributed by atoms with E-state index >= 15 is 0 Å². The van der Waals surface area contributed by atoms with E-state index in [-0.39, 0.29) is 24.1 Å². The lowest BCUT2D eigenvalue weighted by atomic mass is 9.89. The Labute approximate surface area is 187 Å². The van der Waals surface area contributed by atoms with E-state index in [1.807, 2.05) is 18.2 Å². The molecule has 5 rings (SSSR count). The van der Waals surface area contributed by atoms with E-state index in [2.05, 4.69) is 34.5 Å². The molecule has 0 aliphatic carbocycles. The molecule has 7 nitrogen and oxygen atoms in total. The molecule has 3 heterocycles. The number of amides is 3. The molecule has 2 unspecified atom stereocenters. The maximum atomic E-state index is 13.4. The summed E-state index contributed by atoms with van der Waals surface area (Å²) in [6.45, 7) is 2.61. The van der Waals surface area contributed by atoms with Crippen LogP contribution in [-0.2, 0) is 29.1 Å². The summed E-state index contributed by atoms with van der Waals surface area (Å²) in [5.41, 5.74) is 11.0. The van der Waals surface area contributed by atoms with Gasteiger partial charge in [-0.15, -0.1) is 0 Å². The van der Waals surface area contributed by atoms with Gasteiger partial charge in [0.2, 0.25) is 11.8 Å². The van der Waals surface area contributed by atoms with Gasteiger partial charge < -0.3 is 15.5 Å². The molecule has 0 bridgehead atoms. The van der Waals surface area contributed by atoms with Gasteiger partial charge in [-0.05, 0) is 54.5 Å². The highest BCUT2D eigenvalue weighted by Gasteiger charge is 2.40. The van der Waals surface area contributed by atoms with E-state index < -0.39 is 6.04 Å². The summed E-state index contributed by atoms with van der Waals surface area (Å²) in [5, 5.41) is 2.37. The first-order valence-electron chi connectivity index (χ1n) is 11.3. The van der Waals surface area contributed by atoms with Crippen molar-refractivity contribution in [3.63, 3.8) is 0 Å². The first-order valence-corrected chi connectivity index (χ1v) is 11.3. The molecule has 0 spiro atoms. The molecule has 0 aromatic heterocycles. The lowest BCUT2D eigenvalue weighted by molar-refractivity contribution is -0.136. The first kappa shape index (κ1) is 20.7. The molecule has 166 valence electrons. The first-order chi connectivity index (χ1) is 15.5. The average Bonchev–Trinajstić information content (AvgIpc) is 3.11. The number of carbonyl (C=O) groups is 3. The molecule has 0 radical (unpaired) electrons. The second kappa shape index (κ2) is 8.39. The number of nitrogens with zero attached hydrogens (tertiary/aromatic N) is 2. The summed E-state index contributed by atoms with van der Waals surface area (Å²) in [7, 11) is 0. The monoisotopic (exact) mass is 432 g/mol. The van der Waals surface area contributed by atoms with Crippen molar-refractivity contribution in [2.45, 2.75) is 44.8 Å². The Bertz CT molecular complexity index is 1080. The molecule has 1 saturated heterocycles. The zero-order chi connectivity index (χ0) is 22.2. The molecule has 0 saturated carbocycles. The van der Waals surface area contributed by atoms with Crippen LogP contribution in [0.2, 0.25) is 0 Å². The van der Waals surface area contributed by atoms with Gasteiger partial charge in [0.1, 0.15) is 6.04 Å². The maximum Gasteiger partial charge on any atom is 0.255 e. The fourth-order valence-electron chi connectivity index (χ4n) is 5.38. The van der Waals surface area contributed by atoms with Crippen LogP contribution in [0, 0.1) is 5.92 Å². The fraction of sp³-hybridized carbons (Fsp3) is 0.400. The minimum atomic E-state index is -0.593. The molecule has 7 heteroatoms. The second-order valence-electron chi connectivity index (χ2n) is 9.01. The van der Waals surface area contributed by atoms with Crippen LogP contribution in [-0.4, -0.2) is 41.8 Å². The van der Waals surface area contributed by atoms with Crippen molar-refractivity contribution < 1.29 is 14.4 Å². The summed E-state index contributed by atoms with van der Waals surface area (Å²) < 4.78 is 0. The fourth-order valence-corrected chi connectivity index (χ4v) is 5.38. The molecule has 3 amide bonds. The lowest BCUT2D eigenvalue weighted by Gasteiger charge is -2.36. The smallest absolute Gasteiger partial charge is 0.255 e. The van der Waals surface area contributed by atoms with E-state index in [4.69, 9.17) is 5.73 Å². The molecule has 3 N–H and O–H groups in total. The standard InChI is InChI=1S/C25H28N4O3/c26-11-10-16-12-17-4-1-2-7-20(17)28(13-16)14-18-5-3-6-19-15-29(25(32)23(18)19)21-8-9-22(30)27-24(21)31/h1-7,16,21H,8-15,26H2,(H,27,30,31). The largest absolute Gasteiger partial charge is 0.367 e. The van der Waals surface area contributed by atoms with E-state index in [9.17, 15) is 14.4 Å². The van der Waals surface area contributed by atoms with Gasteiger partial charge in [0.05, 0.1) is 0 Å². The Morgan fingerprint density at radius 2 is 1.84 bits per heavy atom. The Hall–Kier alpha value is -3.19. The topological polar surface area (TPSA) is 95.7 Å². The van der Waals surface area contributed by atoms with Gasteiger partial charge in [0.15, 0.2) is 0 Å². The van der Waals surface area contributed by atoms with Crippen molar-refractivity contribution in [2.75, 3.05) is 18.0 Å². The van der Waals surface area contributed by atoms with E-state index in [1.54, 1.807) is 4.90 Å². The normalized spacial score (nSPS) is 22.6. The van der Waals surface area contributed by atoms with Crippen LogP contribution in [0.4, 0.5) is 5.69 Å². The van der Waals surface area contributed by atoms with Crippen molar-refractivity contribution in [3.05, 3.63) is 64.7 Å². The Balaban J connectivity index is 1.42. The maximum absolute atomic E-state index is 13.4. The summed E-state index contributed by atoms with van der Waals surface area (Å²) in [6, 6.07) is 13.8. The Kier molecular flexibility index (Phi) is 5.43. The Morgan fingerprint density at radius 3 is 2.66 bits per heavy atom. The van der Waals surface area contributed by atoms with Crippen molar-refractivity contribution >= 4 is 23.4 Å². The minimum Gasteiger partial charge on any atom is -0.367 e. The SMILES string of the molecule is NCCC1Cc2ccccc2N(Cc2cccc3c2C(=O)N(C2CCC(=O)NC2=O)C3)C1. The average molecular weight is 433 g/mol. The van der Waals surface area contributed by atoms with Crippen molar-refractivity contribution in [1.29, 1.82) is 0 Å². The predicted octanol–water partition coefficient (Wildman–Crippen LogP) is 1.98. The number of nitrogens with one attached hydrogen (secondary N) is 1. The van der Waals surface area contributed by atoms with Gasteiger partial charge in [-0.2, -0.15) is 0 Å². The molecule has 3 aliphatic rings. The third-order valence-electron chi connectivity index (χ3n) is 6.89. The van der Waals surface area contributed by atoms with Gasteiger partial charge in [0, 0.05) is 37.3 Å². The minimum absolute atomic E-state index is 0.117. The number of nitrogens with two attached hydrogens (primary N) is 1. The summed E-state index contributed by atoms with van der Waals surface area (Å²) in [4.78, 5) is 41.3. The van der Waals surface area contributed by atoms with Crippen molar-refractivity contribution in [2.24, 2.45) is 11.7 Å². The molecule has 2 atom stereocenters. The summed E-state index contributed by atoms with van der Waals surface area (Å²) in [6.07, 6.45) is 2.63. The van der Waals surface area contributed by atoms with Gasteiger partial charge in [-0.1, -0.05) is 36.4 Å². The number of anilines is 1. The molecule has 1 fully saturated rings. The van der Waals surface area contributed by atoms with Gasteiger partial charge in [-0.25, -0.2) is 0 Å². The molecule has 3 aliphatic heterocycles.